The van der Waals surface area contributed by atoms with Gasteiger partial charge < -0.3 is 10.1 Å². The minimum atomic E-state index is -0.477. The number of nitrogens with zero attached hydrogens (tertiary/aromatic N) is 1. The lowest BCUT2D eigenvalue weighted by Gasteiger charge is -2.11. The summed E-state index contributed by atoms with van der Waals surface area (Å²) in [7, 11) is 1.54. The molecule has 0 bridgehead atoms. The highest BCUT2D eigenvalue weighted by Crippen LogP contribution is 2.32. The molecule has 29 heavy (non-hydrogen) atoms. The van der Waals surface area contributed by atoms with Gasteiger partial charge >= 0.3 is 0 Å². The van der Waals surface area contributed by atoms with Gasteiger partial charge in [0.1, 0.15) is 17.4 Å². The molecule has 4 nitrogen and oxygen atoms in total. The Kier molecular flexibility index (Phi) is 4.91. The molecule has 0 unspecified atom stereocenters. The Morgan fingerprint density at radius 3 is 2.45 bits per heavy atom. The van der Waals surface area contributed by atoms with Gasteiger partial charge in [-0.25, -0.2) is 13.8 Å². The Balaban J connectivity index is 1.69. The molecule has 0 atom stereocenters. The average molecular weight is 390 g/mol. The summed E-state index contributed by atoms with van der Waals surface area (Å²) in [5, 5.41) is 3.45. The van der Waals surface area contributed by atoms with E-state index in [2.05, 4.69) is 10.3 Å². The summed E-state index contributed by atoms with van der Waals surface area (Å²) in [6, 6.07) is 18.5. The van der Waals surface area contributed by atoms with Crippen molar-refractivity contribution in [2.45, 2.75) is 0 Å². The molecule has 0 aliphatic heterocycles. The van der Waals surface area contributed by atoms with Crippen LogP contribution in [0, 0.1) is 11.6 Å². The van der Waals surface area contributed by atoms with Gasteiger partial charge in [-0.3, -0.25) is 4.79 Å². The van der Waals surface area contributed by atoms with Crippen molar-refractivity contribution < 1.29 is 18.3 Å². The number of ether oxygens (including phenoxy) is 1. The second-order valence-corrected chi connectivity index (χ2v) is 6.41. The lowest BCUT2D eigenvalue weighted by Crippen LogP contribution is -2.12. The summed E-state index contributed by atoms with van der Waals surface area (Å²) >= 11 is 0. The molecule has 144 valence electrons. The quantitative estimate of drug-likeness (QED) is 0.505. The Bertz CT molecular complexity index is 1210. The Morgan fingerprint density at radius 2 is 1.72 bits per heavy atom. The van der Waals surface area contributed by atoms with Crippen molar-refractivity contribution in [2.24, 2.45) is 0 Å². The third kappa shape index (κ3) is 3.91. The first-order valence-corrected chi connectivity index (χ1v) is 8.85. The number of hydrogen-bond donors (Lipinski definition) is 1. The van der Waals surface area contributed by atoms with Crippen LogP contribution in [-0.2, 0) is 0 Å². The predicted molar refractivity (Wildman–Crippen MR) is 108 cm³/mol. The van der Waals surface area contributed by atoms with Gasteiger partial charge in [0, 0.05) is 28.3 Å². The van der Waals surface area contributed by atoms with Crippen molar-refractivity contribution in [2.75, 3.05) is 12.4 Å². The molecular weight excluding hydrogens is 374 g/mol. The number of nitrogens with one attached hydrogen (secondary N) is 1. The van der Waals surface area contributed by atoms with Gasteiger partial charge in [0.25, 0.3) is 5.91 Å². The number of anilines is 1. The molecule has 4 aromatic rings. The van der Waals surface area contributed by atoms with Crippen LogP contribution in [0.25, 0.3) is 22.2 Å². The molecule has 4 rings (SSSR count). The number of fused-ring (bicyclic) bond motifs is 1. The zero-order valence-corrected chi connectivity index (χ0v) is 15.4. The van der Waals surface area contributed by atoms with Crippen molar-refractivity contribution in [1.82, 2.24) is 4.98 Å². The van der Waals surface area contributed by atoms with E-state index in [1.54, 1.807) is 43.5 Å². The SMILES string of the molecule is COc1cc(-c2ccc(F)cc2)nc2ccc(NC(=O)c3cccc(F)c3)cc12. The minimum absolute atomic E-state index is 0.224. The molecule has 1 N–H and O–H groups in total. The highest BCUT2D eigenvalue weighted by atomic mass is 19.1. The molecule has 0 aliphatic rings. The predicted octanol–water partition coefficient (Wildman–Crippen LogP) is 5.44. The highest BCUT2D eigenvalue weighted by Gasteiger charge is 2.12. The second kappa shape index (κ2) is 7.67. The van der Waals surface area contributed by atoms with Crippen LogP contribution in [0.5, 0.6) is 5.75 Å². The van der Waals surface area contributed by atoms with Crippen molar-refractivity contribution in [3.63, 3.8) is 0 Å². The number of hydrogen-bond acceptors (Lipinski definition) is 3. The molecule has 0 saturated heterocycles. The molecule has 0 saturated carbocycles. The van der Waals surface area contributed by atoms with Gasteiger partial charge in [-0.1, -0.05) is 6.07 Å². The summed E-state index contributed by atoms with van der Waals surface area (Å²) in [5.41, 5.74) is 2.82. The van der Waals surface area contributed by atoms with Crippen molar-refractivity contribution in [3.05, 3.63) is 90.0 Å². The van der Waals surface area contributed by atoms with E-state index in [0.29, 0.717) is 28.0 Å². The first kappa shape index (κ1) is 18.6. The van der Waals surface area contributed by atoms with Gasteiger partial charge in [-0.2, -0.15) is 0 Å². The summed E-state index contributed by atoms with van der Waals surface area (Å²) < 4.78 is 32.0. The number of carbonyl (C=O) groups is 1. The third-order valence-corrected chi connectivity index (χ3v) is 4.48. The maximum absolute atomic E-state index is 13.3. The molecule has 3 aromatic carbocycles. The number of benzene rings is 3. The topological polar surface area (TPSA) is 51.2 Å². The van der Waals surface area contributed by atoms with E-state index in [1.807, 2.05) is 0 Å². The lowest BCUT2D eigenvalue weighted by atomic mass is 10.1. The fraction of sp³-hybridized carbons (Fsp3) is 0.0435. The van der Waals surface area contributed by atoms with Crippen LogP contribution in [-0.4, -0.2) is 18.0 Å². The number of carbonyl (C=O) groups excluding carboxylic acids is 1. The van der Waals surface area contributed by atoms with Gasteiger partial charge in [-0.05, 0) is 60.7 Å². The first-order chi connectivity index (χ1) is 14.0. The zero-order valence-electron chi connectivity index (χ0n) is 15.4. The van der Waals surface area contributed by atoms with Crippen LogP contribution in [0.3, 0.4) is 0 Å². The highest BCUT2D eigenvalue weighted by molar-refractivity contribution is 6.05. The van der Waals surface area contributed by atoms with Crippen LogP contribution in [0.1, 0.15) is 10.4 Å². The monoisotopic (exact) mass is 390 g/mol. The molecule has 6 heteroatoms. The van der Waals surface area contributed by atoms with E-state index in [4.69, 9.17) is 4.74 Å². The average Bonchev–Trinajstić information content (AvgIpc) is 2.73. The first-order valence-electron chi connectivity index (χ1n) is 8.85. The summed E-state index contributed by atoms with van der Waals surface area (Å²) in [6.07, 6.45) is 0. The number of pyridine rings is 1. The van der Waals surface area contributed by atoms with E-state index in [1.165, 1.54) is 36.4 Å². The number of methoxy groups -OCH3 is 1. The number of aromatic nitrogens is 1. The Labute approximate surface area is 165 Å². The van der Waals surface area contributed by atoms with Crippen molar-refractivity contribution >= 4 is 22.5 Å². The van der Waals surface area contributed by atoms with E-state index >= 15 is 0 Å². The maximum Gasteiger partial charge on any atom is 0.255 e. The van der Waals surface area contributed by atoms with Gasteiger partial charge in [0.05, 0.1) is 18.3 Å². The van der Waals surface area contributed by atoms with E-state index in [9.17, 15) is 13.6 Å². The molecular formula is C23H16F2N2O2. The van der Waals surface area contributed by atoms with Crippen LogP contribution >= 0.6 is 0 Å². The van der Waals surface area contributed by atoms with Crippen LogP contribution < -0.4 is 10.1 Å². The molecule has 0 spiro atoms. The molecule has 1 aromatic heterocycles. The summed E-state index contributed by atoms with van der Waals surface area (Å²) in [4.78, 5) is 17.0. The summed E-state index contributed by atoms with van der Waals surface area (Å²) in [6.45, 7) is 0. The zero-order chi connectivity index (χ0) is 20.4. The van der Waals surface area contributed by atoms with Crippen LogP contribution in [0.2, 0.25) is 0 Å². The fourth-order valence-corrected chi connectivity index (χ4v) is 3.04. The third-order valence-electron chi connectivity index (χ3n) is 4.48. The van der Waals surface area contributed by atoms with E-state index < -0.39 is 11.7 Å². The van der Waals surface area contributed by atoms with E-state index in [-0.39, 0.29) is 11.4 Å². The fourth-order valence-electron chi connectivity index (χ4n) is 3.04. The minimum Gasteiger partial charge on any atom is -0.496 e. The molecule has 1 amide bonds. The Morgan fingerprint density at radius 1 is 0.931 bits per heavy atom. The van der Waals surface area contributed by atoms with Crippen LogP contribution in [0.4, 0.5) is 14.5 Å². The number of amides is 1. The van der Waals surface area contributed by atoms with Gasteiger partial charge in [0.2, 0.25) is 0 Å². The Hall–Kier alpha value is -3.80. The lowest BCUT2D eigenvalue weighted by molar-refractivity contribution is 0.102. The molecule has 0 aliphatic carbocycles. The van der Waals surface area contributed by atoms with Gasteiger partial charge in [0.15, 0.2) is 0 Å². The van der Waals surface area contributed by atoms with Gasteiger partial charge in [-0.15, -0.1) is 0 Å². The largest absolute Gasteiger partial charge is 0.496 e. The van der Waals surface area contributed by atoms with Crippen molar-refractivity contribution in [3.8, 4) is 17.0 Å². The normalized spacial score (nSPS) is 10.7. The standard InChI is InChI=1S/C23H16F2N2O2/c1-29-22-13-21(14-5-7-16(24)8-6-14)27-20-10-9-18(12-19(20)22)26-23(28)15-3-2-4-17(25)11-15/h2-13H,1H3,(H,26,28). The maximum atomic E-state index is 13.3. The van der Waals surface area contributed by atoms with Crippen LogP contribution in [0.15, 0.2) is 72.8 Å². The molecule has 0 radical (unpaired) electrons. The molecule has 1 heterocycles. The number of halogens is 2. The molecule has 0 fully saturated rings. The second-order valence-electron chi connectivity index (χ2n) is 6.41. The summed E-state index contributed by atoms with van der Waals surface area (Å²) in [5.74, 6) is -0.648. The number of rotatable bonds is 4. The van der Waals surface area contributed by atoms with Crippen molar-refractivity contribution in [1.29, 1.82) is 0 Å². The van der Waals surface area contributed by atoms with E-state index in [0.717, 1.165) is 5.56 Å². The smallest absolute Gasteiger partial charge is 0.255 e.